The fourth-order valence-corrected chi connectivity index (χ4v) is 3.99. The van der Waals surface area contributed by atoms with Crippen LogP contribution in [0.3, 0.4) is 0 Å². The lowest BCUT2D eigenvalue weighted by Crippen LogP contribution is -3.32. The van der Waals surface area contributed by atoms with Gasteiger partial charge in [-0.3, -0.25) is 9.80 Å². The highest BCUT2D eigenvalue weighted by atomic mass is 16.5. The van der Waals surface area contributed by atoms with Crippen molar-refractivity contribution in [1.29, 1.82) is 0 Å². The predicted octanol–water partition coefficient (Wildman–Crippen LogP) is 0.308. The monoisotopic (exact) mass is 356 g/mol. The summed E-state index contributed by atoms with van der Waals surface area (Å²) in [5, 5.41) is 0. The van der Waals surface area contributed by atoms with Crippen LogP contribution in [0.4, 0.5) is 0 Å². The van der Waals surface area contributed by atoms with Gasteiger partial charge in [0.15, 0.2) is 0 Å². The Balaban J connectivity index is 1.58. The van der Waals surface area contributed by atoms with Gasteiger partial charge in [-0.2, -0.15) is 0 Å². The van der Waals surface area contributed by atoms with Gasteiger partial charge in [0, 0.05) is 0 Å². The fourth-order valence-electron chi connectivity index (χ4n) is 3.99. The van der Waals surface area contributed by atoms with E-state index >= 15 is 0 Å². The summed E-state index contributed by atoms with van der Waals surface area (Å²) in [6.45, 7) is 7.59. The molecule has 2 aliphatic heterocycles. The van der Waals surface area contributed by atoms with Crippen molar-refractivity contribution in [2.24, 2.45) is 0 Å². The van der Waals surface area contributed by atoms with Gasteiger partial charge in [-0.15, -0.1) is 0 Å². The van der Waals surface area contributed by atoms with Crippen molar-refractivity contribution in [3.05, 3.63) is 60.2 Å². The van der Waals surface area contributed by atoms with Gasteiger partial charge in [0.2, 0.25) is 6.17 Å². The Kier molecular flexibility index (Phi) is 5.82. The third-order valence-electron chi connectivity index (χ3n) is 5.26. The normalized spacial score (nSPS) is 19.6. The lowest BCUT2D eigenvalue weighted by molar-refractivity contribution is -1.14. The number of ether oxygens (including phenoxy) is 3. The number of rotatable bonds is 5. The Morgan fingerprint density at radius 2 is 1.27 bits per heavy atom. The Morgan fingerprint density at radius 3 is 1.88 bits per heavy atom. The molecule has 0 aliphatic carbocycles. The predicted molar refractivity (Wildman–Crippen MR) is 98.7 cm³/mol. The maximum absolute atomic E-state index is 6.08. The maximum Gasteiger partial charge on any atom is 0.240 e. The number of benzene rings is 2. The molecule has 4 rings (SSSR count). The van der Waals surface area contributed by atoms with E-state index in [2.05, 4.69) is 18.2 Å². The minimum atomic E-state index is 0.405. The van der Waals surface area contributed by atoms with Gasteiger partial charge in [0.25, 0.3) is 0 Å². The average Bonchev–Trinajstić information content (AvgIpc) is 2.71. The van der Waals surface area contributed by atoms with Gasteiger partial charge in [0.1, 0.15) is 37.7 Å². The Hall–Kier alpha value is -1.92. The molecule has 26 heavy (non-hydrogen) atoms. The first-order valence-corrected chi connectivity index (χ1v) is 9.58. The lowest BCUT2D eigenvalue weighted by Gasteiger charge is -2.37. The van der Waals surface area contributed by atoms with Gasteiger partial charge in [-0.05, 0) is 30.3 Å². The van der Waals surface area contributed by atoms with Crippen LogP contribution in [-0.2, 0) is 9.47 Å². The summed E-state index contributed by atoms with van der Waals surface area (Å²) < 4.78 is 17.3. The van der Waals surface area contributed by atoms with E-state index in [1.54, 1.807) is 9.80 Å². The van der Waals surface area contributed by atoms with Crippen molar-refractivity contribution in [3.8, 4) is 11.5 Å². The zero-order valence-electron chi connectivity index (χ0n) is 15.2. The minimum Gasteiger partial charge on any atom is -0.457 e. The van der Waals surface area contributed by atoms with E-state index < -0.39 is 0 Å². The summed E-state index contributed by atoms with van der Waals surface area (Å²) in [6.07, 6.45) is 0.405. The van der Waals surface area contributed by atoms with Crippen molar-refractivity contribution in [3.63, 3.8) is 0 Å². The highest BCUT2D eigenvalue weighted by molar-refractivity contribution is 5.34. The van der Waals surface area contributed by atoms with E-state index in [1.165, 1.54) is 5.56 Å². The summed E-state index contributed by atoms with van der Waals surface area (Å²) >= 11 is 0. The smallest absolute Gasteiger partial charge is 0.240 e. The number of hydrogen-bond acceptors (Lipinski definition) is 3. The summed E-state index contributed by atoms with van der Waals surface area (Å²) in [6, 6.07) is 18.6. The maximum atomic E-state index is 6.08. The number of hydrogen-bond donors (Lipinski definition) is 2. The van der Waals surface area contributed by atoms with Crippen LogP contribution in [0.15, 0.2) is 54.6 Å². The first-order valence-electron chi connectivity index (χ1n) is 9.58. The molecule has 0 amide bonds. The zero-order valence-corrected chi connectivity index (χ0v) is 15.2. The molecular weight excluding hydrogens is 328 g/mol. The molecule has 0 spiro atoms. The lowest BCUT2D eigenvalue weighted by atomic mass is 10.1. The summed E-state index contributed by atoms with van der Waals surface area (Å²) in [5.74, 6) is 1.78. The second kappa shape index (κ2) is 8.64. The average molecular weight is 356 g/mol. The summed E-state index contributed by atoms with van der Waals surface area (Å²) in [5.41, 5.74) is 1.34. The molecule has 2 N–H and O–H groups in total. The van der Waals surface area contributed by atoms with Crippen molar-refractivity contribution in [2.45, 2.75) is 6.17 Å². The number of nitrogens with one attached hydrogen (secondary N) is 2. The molecular formula is C21H28N2O3+2. The topological polar surface area (TPSA) is 36.6 Å². The molecule has 0 radical (unpaired) electrons. The van der Waals surface area contributed by atoms with Crippen LogP contribution < -0.4 is 14.5 Å². The summed E-state index contributed by atoms with van der Waals surface area (Å²) in [4.78, 5) is 3.20. The van der Waals surface area contributed by atoms with Crippen LogP contribution in [0.25, 0.3) is 0 Å². The van der Waals surface area contributed by atoms with Crippen LogP contribution in [0.5, 0.6) is 11.5 Å². The van der Waals surface area contributed by atoms with Crippen molar-refractivity contribution < 1.29 is 24.0 Å². The van der Waals surface area contributed by atoms with Crippen LogP contribution in [-0.4, -0.2) is 52.6 Å². The molecule has 0 bridgehead atoms. The molecule has 2 heterocycles. The third kappa shape index (κ3) is 4.24. The Bertz CT molecular complexity index is 665. The minimum absolute atomic E-state index is 0.405. The third-order valence-corrected chi connectivity index (χ3v) is 5.26. The van der Waals surface area contributed by atoms with Crippen molar-refractivity contribution in [2.75, 3.05) is 52.6 Å². The van der Waals surface area contributed by atoms with Gasteiger partial charge in [-0.1, -0.05) is 24.3 Å². The van der Waals surface area contributed by atoms with Crippen molar-refractivity contribution in [1.82, 2.24) is 0 Å². The molecule has 0 aromatic heterocycles. The first kappa shape index (κ1) is 17.5. The molecule has 138 valence electrons. The molecule has 2 saturated heterocycles. The largest absolute Gasteiger partial charge is 0.457 e. The molecule has 2 aliphatic rings. The van der Waals surface area contributed by atoms with Crippen LogP contribution in [0.1, 0.15) is 11.7 Å². The van der Waals surface area contributed by atoms with Gasteiger partial charge in [-0.25, -0.2) is 0 Å². The molecule has 5 heteroatoms. The molecule has 2 aromatic rings. The van der Waals surface area contributed by atoms with Crippen LogP contribution >= 0.6 is 0 Å². The van der Waals surface area contributed by atoms with E-state index in [1.807, 2.05) is 36.4 Å². The van der Waals surface area contributed by atoms with Crippen LogP contribution in [0.2, 0.25) is 0 Å². The van der Waals surface area contributed by atoms with Crippen molar-refractivity contribution >= 4 is 0 Å². The first-order chi connectivity index (χ1) is 12.9. The quantitative estimate of drug-likeness (QED) is 0.810. The van der Waals surface area contributed by atoms with Gasteiger partial charge >= 0.3 is 0 Å². The van der Waals surface area contributed by atoms with E-state index in [4.69, 9.17) is 14.2 Å². The second-order valence-electron chi connectivity index (χ2n) is 6.96. The molecule has 0 unspecified atom stereocenters. The Morgan fingerprint density at radius 1 is 0.692 bits per heavy atom. The summed E-state index contributed by atoms with van der Waals surface area (Å²) in [7, 11) is 0. The molecule has 0 atom stereocenters. The van der Waals surface area contributed by atoms with Crippen LogP contribution in [0, 0.1) is 0 Å². The highest BCUT2D eigenvalue weighted by Gasteiger charge is 2.36. The molecule has 2 fully saturated rings. The van der Waals surface area contributed by atoms with Gasteiger partial charge in [0.05, 0.1) is 32.0 Å². The molecule has 5 nitrogen and oxygen atoms in total. The van der Waals surface area contributed by atoms with E-state index in [-0.39, 0.29) is 0 Å². The van der Waals surface area contributed by atoms with E-state index in [0.29, 0.717) is 6.17 Å². The molecule has 2 aromatic carbocycles. The number of para-hydroxylation sites is 1. The fraction of sp³-hybridized carbons (Fsp3) is 0.429. The van der Waals surface area contributed by atoms with E-state index in [0.717, 1.165) is 64.1 Å². The second-order valence-corrected chi connectivity index (χ2v) is 6.96. The van der Waals surface area contributed by atoms with Gasteiger partial charge < -0.3 is 14.2 Å². The SMILES string of the molecule is c1ccc(Oc2cccc(C([NH+]3CCOCC3)[NH+]3CCOCC3)c2)cc1. The molecule has 0 saturated carbocycles. The standard InChI is InChI=1S/C21H26N2O3/c1-2-6-19(7-3-1)26-20-8-4-5-18(17-20)21(22-9-13-24-14-10-22)23-11-15-25-16-12-23/h1-8,17,21H,9-16H2/p+2. The number of morpholine rings is 2. The highest BCUT2D eigenvalue weighted by Crippen LogP contribution is 2.22. The zero-order chi connectivity index (χ0) is 17.6. The van der Waals surface area contributed by atoms with E-state index in [9.17, 15) is 0 Å². The number of quaternary nitrogens is 2. The Labute approximate surface area is 155 Å².